The van der Waals surface area contributed by atoms with Crippen molar-refractivity contribution in [2.24, 2.45) is 0 Å². The van der Waals surface area contributed by atoms with Crippen LogP contribution in [-0.2, 0) is 14.3 Å². The molecule has 4 heteroatoms. The quantitative estimate of drug-likeness (QED) is 0.0436. The SMILES string of the molecule is CCCCC/C=C\C/C=C\CCCCCCCCCCCC(=O)OC(CCCCCCCCCCCC)CCCCC(=O)O. The first-order valence-corrected chi connectivity index (χ1v) is 19.3. The molecule has 44 heavy (non-hydrogen) atoms. The maximum Gasteiger partial charge on any atom is 0.306 e. The zero-order valence-corrected chi connectivity index (χ0v) is 29.5. The van der Waals surface area contributed by atoms with Gasteiger partial charge in [0.25, 0.3) is 0 Å². The molecule has 0 amide bonds. The summed E-state index contributed by atoms with van der Waals surface area (Å²) in [5, 5.41) is 8.92. The normalized spacial score (nSPS) is 12.4. The van der Waals surface area contributed by atoms with Gasteiger partial charge in [-0.05, 0) is 70.6 Å². The number of carbonyl (C=O) groups is 2. The molecular weight excluding hydrogens is 544 g/mol. The zero-order chi connectivity index (χ0) is 32.2. The second-order valence-corrected chi connectivity index (χ2v) is 13.1. The number of hydrogen-bond donors (Lipinski definition) is 1. The number of rotatable bonds is 35. The molecule has 0 aliphatic heterocycles. The van der Waals surface area contributed by atoms with Gasteiger partial charge < -0.3 is 9.84 Å². The summed E-state index contributed by atoms with van der Waals surface area (Å²) in [6, 6.07) is 0. The van der Waals surface area contributed by atoms with Crippen molar-refractivity contribution in [3.63, 3.8) is 0 Å². The highest BCUT2D eigenvalue weighted by Gasteiger charge is 2.14. The van der Waals surface area contributed by atoms with E-state index < -0.39 is 5.97 Å². The van der Waals surface area contributed by atoms with Gasteiger partial charge in [0.05, 0.1) is 0 Å². The molecule has 0 aliphatic carbocycles. The predicted molar refractivity (Wildman–Crippen MR) is 190 cm³/mol. The van der Waals surface area contributed by atoms with Gasteiger partial charge in [-0.2, -0.15) is 0 Å². The van der Waals surface area contributed by atoms with Crippen molar-refractivity contribution in [2.75, 3.05) is 0 Å². The molecule has 0 aromatic carbocycles. The van der Waals surface area contributed by atoms with Crippen LogP contribution in [0.15, 0.2) is 24.3 Å². The van der Waals surface area contributed by atoms with Gasteiger partial charge in [0, 0.05) is 12.8 Å². The maximum atomic E-state index is 12.5. The van der Waals surface area contributed by atoms with E-state index in [1.807, 2.05) is 0 Å². The number of carboxylic acid groups (broad SMARTS) is 1. The van der Waals surface area contributed by atoms with Crippen LogP contribution in [0.2, 0.25) is 0 Å². The molecule has 0 aromatic rings. The summed E-state index contributed by atoms with van der Waals surface area (Å²) < 4.78 is 5.88. The molecule has 0 fully saturated rings. The minimum absolute atomic E-state index is 0.0435. The Hall–Kier alpha value is -1.58. The van der Waals surface area contributed by atoms with Gasteiger partial charge in [-0.25, -0.2) is 0 Å². The Bertz CT molecular complexity index is 668. The first-order valence-electron chi connectivity index (χ1n) is 19.3. The molecular formula is C40H74O4. The number of carbonyl (C=O) groups excluding carboxylic acids is 1. The lowest BCUT2D eigenvalue weighted by Gasteiger charge is -2.18. The number of unbranched alkanes of at least 4 members (excludes halogenated alkanes) is 22. The highest BCUT2D eigenvalue weighted by atomic mass is 16.5. The second kappa shape index (κ2) is 35.9. The van der Waals surface area contributed by atoms with Crippen LogP contribution >= 0.6 is 0 Å². The highest BCUT2D eigenvalue weighted by Crippen LogP contribution is 2.18. The van der Waals surface area contributed by atoms with Gasteiger partial charge >= 0.3 is 11.9 Å². The van der Waals surface area contributed by atoms with Gasteiger partial charge in [0.2, 0.25) is 0 Å². The van der Waals surface area contributed by atoms with Gasteiger partial charge in [-0.3, -0.25) is 9.59 Å². The summed E-state index contributed by atoms with van der Waals surface area (Å²) in [6.07, 6.45) is 44.8. The molecule has 0 spiro atoms. The van der Waals surface area contributed by atoms with E-state index in [0.717, 1.165) is 44.9 Å². The van der Waals surface area contributed by atoms with E-state index in [9.17, 15) is 9.59 Å². The molecule has 0 aromatic heterocycles. The molecule has 1 unspecified atom stereocenters. The summed E-state index contributed by atoms with van der Waals surface area (Å²) in [5.74, 6) is -0.801. The molecule has 0 heterocycles. The summed E-state index contributed by atoms with van der Waals surface area (Å²) in [4.78, 5) is 23.4. The number of carboxylic acids is 1. The van der Waals surface area contributed by atoms with Crippen LogP contribution in [0.3, 0.4) is 0 Å². The topological polar surface area (TPSA) is 63.6 Å². The Kier molecular flexibility index (Phi) is 34.6. The number of aliphatic carboxylic acids is 1. The van der Waals surface area contributed by atoms with E-state index in [4.69, 9.17) is 9.84 Å². The van der Waals surface area contributed by atoms with Crippen molar-refractivity contribution in [1.29, 1.82) is 0 Å². The van der Waals surface area contributed by atoms with Crippen LogP contribution in [0, 0.1) is 0 Å². The largest absolute Gasteiger partial charge is 0.481 e. The summed E-state index contributed by atoms with van der Waals surface area (Å²) >= 11 is 0. The maximum absolute atomic E-state index is 12.5. The van der Waals surface area contributed by atoms with Crippen LogP contribution in [0.25, 0.3) is 0 Å². The van der Waals surface area contributed by atoms with E-state index in [1.54, 1.807) is 0 Å². The van der Waals surface area contributed by atoms with E-state index in [-0.39, 0.29) is 18.5 Å². The fourth-order valence-corrected chi connectivity index (χ4v) is 5.80. The van der Waals surface area contributed by atoms with Crippen LogP contribution in [-0.4, -0.2) is 23.1 Å². The van der Waals surface area contributed by atoms with Crippen molar-refractivity contribution in [1.82, 2.24) is 0 Å². The third-order valence-corrected chi connectivity index (χ3v) is 8.68. The average Bonchev–Trinajstić information content (AvgIpc) is 3.01. The van der Waals surface area contributed by atoms with Crippen LogP contribution in [0.5, 0.6) is 0 Å². The molecule has 258 valence electrons. The number of hydrogen-bond acceptors (Lipinski definition) is 3. The zero-order valence-electron chi connectivity index (χ0n) is 29.5. The molecule has 0 bridgehead atoms. The van der Waals surface area contributed by atoms with E-state index in [2.05, 4.69) is 38.2 Å². The number of esters is 1. The smallest absolute Gasteiger partial charge is 0.306 e. The lowest BCUT2D eigenvalue weighted by atomic mass is 10.0. The van der Waals surface area contributed by atoms with E-state index in [1.165, 1.54) is 135 Å². The Morgan fingerprint density at radius 2 is 0.886 bits per heavy atom. The minimum atomic E-state index is -0.743. The second-order valence-electron chi connectivity index (χ2n) is 13.1. The highest BCUT2D eigenvalue weighted by molar-refractivity contribution is 5.69. The Morgan fingerprint density at radius 1 is 0.500 bits per heavy atom. The Morgan fingerprint density at radius 3 is 1.41 bits per heavy atom. The van der Waals surface area contributed by atoms with Crippen molar-refractivity contribution in [3.05, 3.63) is 24.3 Å². The van der Waals surface area contributed by atoms with Crippen LogP contribution in [0.1, 0.15) is 213 Å². The molecule has 0 saturated carbocycles. The van der Waals surface area contributed by atoms with Gasteiger partial charge in [0.1, 0.15) is 6.10 Å². The third-order valence-electron chi connectivity index (χ3n) is 8.68. The van der Waals surface area contributed by atoms with Crippen molar-refractivity contribution >= 4 is 11.9 Å². The van der Waals surface area contributed by atoms with Crippen molar-refractivity contribution in [3.8, 4) is 0 Å². The lowest BCUT2D eigenvalue weighted by molar-refractivity contribution is -0.150. The molecule has 0 aliphatic rings. The summed E-state index contributed by atoms with van der Waals surface area (Å²) in [6.45, 7) is 4.51. The van der Waals surface area contributed by atoms with Crippen LogP contribution in [0.4, 0.5) is 0 Å². The average molecular weight is 619 g/mol. The summed E-state index contributed by atoms with van der Waals surface area (Å²) in [5.41, 5.74) is 0. The lowest BCUT2D eigenvalue weighted by Crippen LogP contribution is -2.18. The Labute approximate surface area is 274 Å². The van der Waals surface area contributed by atoms with Crippen molar-refractivity contribution in [2.45, 2.75) is 219 Å². The summed E-state index contributed by atoms with van der Waals surface area (Å²) in [7, 11) is 0. The molecule has 4 nitrogen and oxygen atoms in total. The molecule has 1 N–H and O–H groups in total. The first kappa shape index (κ1) is 42.4. The van der Waals surface area contributed by atoms with Gasteiger partial charge in [0.15, 0.2) is 0 Å². The fourth-order valence-electron chi connectivity index (χ4n) is 5.80. The molecule has 1 atom stereocenters. The van der Waals surface area contributed by atoms with Crippen LogP contribution < -0.4 is 0 Å². The number of ether oxygens (including phenoxy) is 1. The van der Waals surface area contributed by atoms with Gasteiger partial charge in [-0.1, -0.05) is 154 Å². The van der Waals surface area contributed by atoms with E-state index in [0.29, 0.717) is 12.8 Å². The van der Waals surface area contributed by atoms with Crippen molar-refractivity contribution < 1.29 is 19.4 Å². The van der Waals surface area contributed by atoms with Gasteiger partial charge in [-0.15, -0.1) is 0 Å². The minimum Gasteiger partial charge on any atom is -0.481 e. The van der Waals surface area contributed by atoms with E-state index >= 15 is 0 Å². The standard InChI is InChI=1S/C40H74O4/c1-3-5-7-9-11-13-15-16-17-18-19-20-21-22-23-25-27-29-31-37-40(43)44-38(35-32-33-36-39(41)42)34-30-28-26-24-14-12-10-8-6-4-2/h11,13,16-17,38H,3-10,12,14-15,18-37H2,1-2H3,(H,41,42)/b13-11-,17-16-. The first-order chi connectivity index (χ1) is 21.6. The number of allylic oxidation sites excluding steroid dienone is 4. The third kappa shape index (κ3) is 34.9. The fraction of sp³-hybridized carbons (Fsp3) is 0.850. The molecule has 0 radical (unpaired) electrons. The molecule has 0 saturated heterocycles. The monoisotopic (exact) mass is 619 g/mol. The predicted octanol–water partition coefficient (Wildman–Crippen LogP) is 13.2. The molecule has 0 rings (SSSR count). The Balaban J connectivity index is 3.82.